The smallest absolute Gasteiger partial charge is 0.250 e. The Labute approximate surface area is 93.7 Å². The summed E-state index contributed by atoms with van der Waals surface area (Å²) in [5.41, 5.74) is 0.697. The number of carbonyl (C=O) groups is 1. The number of hydrogen-bond donors (Lipinski definition) is 0. The lowest BCUT2D eigenvalue weighted by Crippen LogP contribution is -2.36. The molecular weight excluding hydrogens is 188 g/mol. The molecule has 0 N–H and O–H groups in total. The lowest BCUT2D eigenvalue weighted by molar-refractivity contribution is -0.127. The monoisotopic (exact) mass is 212 g/mol. The van der Waals surface area contributed by atoms with Crippen LogP contribution in [-0.4, -0.2) is 48.4 Å². The molecule has 0 aromatic heterocycles. The van der Waals surface area contributed by atoms with Crippen molar-refractivity contribution in [3.05, 3.63) is 12.2 Å². The van der Waals surface area contributed by atoms with Gasteiger partial charge in [-0.3, -0.25) is 9.69 Å². The fourth-order valence-electron chi connectivity index (χ4n) is 1.52. The highest BCUT2D eigenvalue weighted by Gasteiger charge is 2.14. The molecule has 0 saturated carbocycles. The van der Waals surface area contributed by atoms with Crippen LogP contribution < -0.4 is 0 Å². The zero-order valence-electron chi connectivity index (χ0n) is 10.5. The van der Waals surface area contributed by atoms with Crippen LogP contribution in [0.2, 0.25) is 0 Å². The van der Waals surface area contributed by atoms with Gasteiger partial charge in [0, 0.05) is 25.2 Å². The number of amides is 1. The Hall–Kier alpha value is -0.830. The molecule has 0 heterocycles. The largest absolute Gasteiger partial charge is 0.339 e. The van der Waals surface area contributed by atoms with Gasteiger partial charge in [0.05, 0.1) is 0 Å². The van der Waals surface area contributed by atoms with Crippen molar-refractivity contribution >= 4 is 5.91 Å². The van der Waals surface area contributed by atoms with Crippen LogP contribution in [0.3, 0.4) is 0 Å². The van der Waals surface area contributed by atoms with Gasteiger partial charge in [-0.1, -0.05) is 20.4 Å². The van der Waals surface area contributed by atoms with Crippen molar-refractivity contribution in [1.82, 2.24) is 9.80 Å². The Morgan fingerprint density at radius 1 is 1.00 bits per heavy atom. The first-order valence-electron chi connectivity index (χ1n) is 5.79. The Morgan fingerprint density at radius 2 is 1.47 bits per heavy atom. The van der Waals surface area contributed by atoms with Crippen LogP contribution in [0.5, 0.6) is 0 Å². The third kappa shape index (κ3) is 4.47. The van der Waals surface area contributed by atoms with E-state index in [2.05, 4.69) is 25.3 Å². The summed E-state index contributed by atoms with van der Waals surface area (Å²) in [6.45, 7) is 16.2. The molecule has 1 amide bonds. The summed E-state index contributed by atoms with van der Waals surface area (Å²) in [4.78, 5) is 15.9. The van der Waals surface area contributed by atoms with Crippen molar-refractivity contribution in [2.45, 2.75) is 27.7 Å². The molecule has 0 bridgehead atoms. The summed E-state index contributed by atoms with van der Waals surface area (Å²) >= 11 is 0. The molecule has 0 atom stereocenters. The van der Waals surface area contributed by atoms with Crippen LogP contribution in [-0.2, 0) is 4.79 Å². The fraction of sp³-hybridized carbons (Fsp3) is 0.750. The third-order valence-corrected chi connectivity index (χ3v) is 2.66. The molecule has 0 unspecified atom stereocenters. The first kappa shape index (κ1) is 14.2. The van der Waals surface area contributed by atoms with E-state index in [0.29, 0.717) is 12.1 Å². The van der Waals surface area contributed by atoms with Crippen molar-refractivity contribution in [3.63, 3.8) is 0 Å². The molecule has 0 rings (SSSR count). The minimum atomic E-state index is 0.0897. The molecule has 0 spiro atoms. The standard InChI is InChI=1S/C12H24N2O/c1-6-13(7-2)10-11(5)12(15)14(8-3)9-4/h5-10H2,1-4H3. The maximum absolute atomic E-state index is 11.9. The van der Waals surface area contributed by atoms with Crippen LogP contribution in [0.1, 0.15) is 27.7 Å². The predicted octanol–water partition coefficient (Wildman–Crippen LogP) is 1.75. The molecule has 3 heteroatoms. The van der Waals surface area contributed by atoms with E-state index in [9.17, 15) is 4.79 Å². The van der Waals surface area contributed by atoms with E-state index in [1.165, 1.54) is 0 Å². The lowest BCUT2D eigenvalue weighted by Gasteiger charge is -2.23. The average molecular weight is 212 g/mol. The van der Waals surface area contributed by atoms with Gasteiger partial charge in [0.1, 0.15) is 0 Å². The van der Waals surface area contributed by atoms with Crippen LogP contribution in [0.25, 0.3) is 0 Å². The predicted molar refractivity (Wildman–Crippen MR) is 64.9 cm³/mol. The molecule has 0 aromatic rings. The SMILES string of the molecule is C=C(CN(CC)CC)C(=O)N(CC)CC. The fourth-order valence-corrected chi connectivity index (χ4v) is 1.52. The van der Waals surface area contributed by atoms with E-state index in [1.54, 1.807) is 0 Å². The number of nitrogens with zero attached hydrogens (tertiary/aromatic N) is 2. The summed E-state index contributed by atoms with van der Waals surface area (Å²) in [7, 11) is 0. The summed E-state index contributed by atoms with van der Waals surface area (Å²) < 4.78 is 0. The summed E-state index contributed by atoms with van der Waals surface area (Å²) in [6.07, 6.45) is 0. The van der Waals surface area contributed by atoms with Crippen LogP contribution >= 0.6 is 0 Å². The zero-order chi connectivity index (χ0) is 11.8. The van der Waals surface area contributed by atoms with Gasteiger partial charge in [0.15, 0.2) is 0 Å². The first-order valence-corrected chi connectivity index (χ1v) is 5.79. The Balaban J connectivity index is 4.25. The van der Waals surface area contributed by atoms with Gasteiger partial charge in [-0.15, -0.1) is 0 Å². The molecule has 0 aliphatic carbocycles. The number of likely N-dealkylation sites (N-methyl/N-ethyl adjacent to an activating group) is 2. The Kier molecular flexibility index (Phi) is 7.05. The summed E-state index contributed by atoms with van der Waals surface area (Å²) in [6, 6.07) is 0. The van der Waals surface area contributed by atoms with Gasteiger partial charge in [-0.25, -0.2) is 0 Å². The van der Waals surface area contributed by atoms with Gasteiger partial charge >= 0.3 is 0 Å². The van der Waals surface area contributed by atoms with Crippen molar-refractivity contribution < 1.29 is 4.79 Å². The van der Waals surface area contributed by atoms with E-state index in [1.807, 2.05) is 18.7 Å². The third-order valence-electron chi connectivity index (χ3n) is 2.66. The molecule has 0 saturated heterocycles. The van der Waals surface area contributed by atoms with Gasteiger partial charge in [0.25, 0.3) is 0 Å². The molecule has 3 nitrogen and oxygen atoms in total. The second kappa shape index (κ2) is 7.46. The van der Waals surface area contributed by atoms with Crippen LogP contribution in [0, 0.1) is 0 Å². The zero-order valence-corrected chi connectivity index (χ0v) is 10.5. The second-order valence-electron chi connectivity index (χ2n) is 3.54. The van der Waals surface area contributed by atoms with Crippen molar-refractivity contribution in [2.75, 3.05) is 32.7 Å². The highest BCUT2D eigenvalue weighted by molar-refractivity contribution is 5.93. The molecule has 0 radical (unpaired) electrons. The van der Waals surface area contributed by atoms with E-state index >= 15 is 0 Å². The number of rotatable bonds is 7. The van der Waals surface area contributed by atoms with E-state index < -0.39 is 0 Å². The van der Waals surface area contributed by atoms with Gasteiger partial charge in [-0.05, 0) is 26.9 Å². The number of carbonyl (C=O) groups excluding carboxylic acids is 1. The molecule has 88 valence electrons. The van der Waals surface area contributed by atoms with Gasteiger partial charge in [-0.2, -0.15) is 0 Å². The van der Waals surface area contributed by atoms with Crippen molar-refractivity contribution in [3.8, 4) is 0 Å². The minimum Gasteiger partial charge on any atom is -0.339 e. The van der Waals surface area contributed by atoms with E-state index in [0.717, 1.165) is 26.2 Å². The van der Waals surface area contributed by atoms with Gasteiger partial charge < -0.3 is 4.90 Å². The van der Waals surface area contributed by atoms with Crippen LogP contribution in [0.15, 0.2) is 12.2 Å². The average Bonchev–Trinajstić information content (AvgIpc) is 2.26. The lowest BCUT2D eigenvalue weighted by atomic mass is 10.2. The second-order valence-corrected chi connectivity index (χ2v) is 3.54. The van der Waals surface area contributed by atoms with Crippen molar-refractivity contribution in [1.29, 1.82) is 0 Å². The summed E-state index contributed by atoms with van der Waals surface area (Å²) in [5.74, 6) is 0.0897. The van der Waals surface area contributed by atoms with E-state index in [-0.39, 0.29) is 5.91 Å². The molecular formula is C12H24N2O. The molecule has 0 aliphatic rings. The summed E-state index contributed by atoms with van der Waals surface area (Å²) in [5, 5.41) is 0. The normalized spacial score (nSPS) is 10.5. The topological polar surface area (TPSA) is 23.6 Å². The van der Waals surface area contributed by atoms with Crippen molar-refractivity contribution in [2.24, 2.45) is 0 Å². The van der Waals surface area contributed by atoms with Crippen LogP contribution in [0.4, 0.5) is 0 Å². The molecule has 0 fully saturated rings. The maximum Gasteiger partial charge on any atom is 0.250 e. The minimum absolute atomic E-state index is 0.0897. The first-order chi connectivity index (χ1) is 7.10. The molecule has 15 heavy (non-hydrogen) atoms. The quantitative estimate of drug-likeness (QED) is 0.600. The van der Waals surface area contributed by atoms with E-state index in [4.69, 9.17) is 0 Å². The molecule has 0 aliphatic heterocycles. The number of hydrogen-bond acceptors (Lipinski definition) is 2. The Morgan fingerprint density at radius 3 is 1.80 bits per heavy atom. The highest BCUT2D eigenvalue weighted by Crippen LogP contribution is 2.02. The highest BCUT2D eigenvalue weighted by atomic mass is 16.2. The maximum atomic E-state index is 11.9. The molecule has 0 aromatic carbocycles. The van der Waals surface area contributed by atoms with Gasteiger partial charge in [0.2, 0.25) is 5.91 Å². The Bertz CT molecular complexity index is 206.